The number of alkyl halides is 3. The van der Waals surface area contributed by atoms with E-state index in [1.165, 1.54) is 11.0 Å². The molecule has 0 saturated carbocycles. The van der Waals surface area contributed by atoms with Gasteiger partial charge in [0.15, 0.2) is 0 Å². The minimum absolute atomic E-state index is 0.0192. The van der Waals surface area contributed by atoms with Crippen LogP contribution >= 0.6 is 23.2 Å². The molecular weight excluding hydrogens is 486 g/mol. The van der Waals surface area contributed by atoms with E-state index in [0.29, 0.717) is 11.3 Å². The van der Waals surface area contributed by atoms with Gasteiger partial charge in [-0.05, 0) is 30.5 Å². The lowest BCUT2D eigenvalue weighted by Gasteiger charge is -2.37. The van der Waals surface area contributed by atoms with Gasteiger partial charge in [-0.25, -0.2) is 17.9 Å². The lowest BCUT2D eigenvalue weighted by atomic mass is 9.74. The molecule has 172 valence electrons. The van der Waals surface area contributed by atoms with Gasteiger partial charge in [-0.15, -0.1) is 5.06 Å². The minimum Gasteiger partial charge on any atom is -0.361 e. The summed E-state index contributed by atoms with van der Waals surface area (Å²) >= 11 is 12.3. The fraction of sp³-hybridized carbons (Fsp3) is 0.529. The normalized spacial score (nSPS) is 19.0. The predicted octanol–water partition coefficient (Wildman–Crippen LogP) is 2.24. The molecule has 2 heterocycles. The number of carbonyl (C=O) groups is 2. The maximum atomic E-state index is 13.4. The monoisotopic (exact) mass is 503 g/mol. The molecule has 0 aromatic heterocycles. The zero-order valence-corrected chi connectivity index (χ0v) is 18.5. The molecule has 3 rings (SSSR count). The number of rotatable bonds is 5. The third-order valence-corrected chi connectivity index (χ3v) is 6.67. The van der Waals surface area contributed by atoms with E-state index in [2.05, 4.69) is 9.56 Å². The summed E-state index contributed by atoms with van der Waals surface area (Å²) in [5.41, 5.74) is -0.0982. The van der Waals surface area contributed by atoms with Crippen molar-refractivity contribution in [2.75, 3.05) is 37.3 Å². The molecule has 1 saturated heterocycles. The van der Waals surface area contributed by atoms with Gasteiger partial charge in [0.2, 0.25) is 15.9 Å². The van der Waals surface area contributed by atoms with Crippen molar-refractivity contribution in [1.29, 1.82) is 0 Å². The van der Waals surface area contributed by atoms with Gasteiger partial charge in [0, 0.05) is 31.9 Å². The van der Waals surface area contributed by atoms with E-state index in [4.69, 9.17) is 23.2 Å². The number of nitrogens with zero attached hydrogens (tertiary/aromatic N) is 2. The van der Waals surface area contributed by atoms with Gasteiger partial charge in [0.05, 0.1) is 21.7 Å². The molecule has 2 aliphatic heterocycles. The fourth-order valence-corrected chi connectivity index (χ4v) is 4.59. The second-order valence-electron chi connectivity index (χ2n) is 7.29. The number of benzene rings is 1. The first-order valence-corrected chi connectivity index (χ1v) is 11.7. The van der Waals surface area contributed by atoms with Gasteiger partial charge in [-0.1, -0.05) is 23.2 Å². The zero-order chi connectivity index (χ0) is 23.2. The average Bonchev–Trinajstić information content (AvgIpc) is 2.85. The summed E-state index contributed by atoms with van der Waals surface area (Å²) in [5.74, 6) is -2.68. The number of hydrogen-bond acceptors (Lipinski definition) is 6. The lowest BCUT2D eigenvalue weighted by molar-refractivity contribution is -0.242. The second-order valence-corrected chi connectivity index (χ2v) is 9.94. The Bertz CT molecular complexity index is 1010. The second kappa shape index (κ2) is 8.39. The molecule has 1 aromatic rings. The fourth-order valence-electron chi connectivity index (χ4n) is 3.80. The number of carbonyl (C=O) groups excluding carboxylic acids is 2. The molecule has 0 atom stereocenters. The van der Waals surface area contributed by atoms with E-state index >= 15 is 0 Å². The number of amides is 1. The van der Waals surface area contributed by atoms with Crippen molar-refractivity contribution >= 4 is 50.8 Å². The van der Waals surface area contributed by atoms with E-state index in [1.54, 1.807) is 6.07 Å². The van der Waals surface area contributed by atoms with E-state index in [0.717, 1.165) is 11.3 Å². The topological polar surface area (TPSA) is 96.0 Å². The number of hydrogen-bond donors (Lipinski definition) is 1. The van der Waals surface area contributed by atoms with E-state index in [1.807, 2.05) is 0 Å². The molecule has 14 heteroatoms. The van der Waals surface area contributed by atoms with Crippen molar-refractivity contribution in [1.82, 2.24) is 9.79 Å². The average molecular weight is 504 g/mol. The Morgan fingerprint density at radius 3 is 2.35 bits per heavy atom. The van der Waals surface area contributed by atoms with Crippen LogP contribution in [0.1, 0.15) is 18.4 Å². The molecule has 1 fully saturated rings. The van der Waals surface area contributed by atoms with Crippen molar-refractivity contribution in [3.05, 3.63) is 27.7 Å². The van der Waals surface area contributed by atoms with Crippen LogP contribution in [0, 0.1) is 0 Å². The summed E-state index contributed by atoms with van der Waals surface area (Å²) < 4.78 is 62.4. The van der Waals surface area contributed by atoms with Crippen molar-refractivity contribution < 1.29 is 36.0 Å². The molecule has 1 spiro atoms. The van der Waals surface area contributed by atoms with Crippen LogP contribution in [0.3, 0.4) is 0 Å². The van der Waals surface area contributed by atoms with Gasteiger partial charge < -0.3 is 9.74 Å². The Morgan fingerprint density at radius 2 is 1.81 bits per heavy atom. The first-order valence-electron chi connectivity index (χ1n) is 9.05. The molecule has 1 amide bonds. The highest BCUT2D eigenvalue weighted by Gasteiger charge is 2.53. The molecule has 0 radical (unpaired) electrons. The first-order chi connectivity index (χ1) is 14.2. The number of halogens is 5. The van der Waals surface area contributed by atoms with E-state index in [9.17, 15) is 31.2 Å². The van der Waals surface area contributed by atoms with Crippen LogP contribution in [0.15, 0.2) is 12.1 Å². The minimum atomic E-state index is -5.13. The van der Waals surface area contributed by atoms with Crippen LogP contribution in [0.4, 0.5) is 18.9 Å². The van der Waals surface area contributed by atoms with Gasteiger partial charge in [0.25, 0.3) is 0 Å². The highest BCUT2D eigenvalue weighted by molar-refractivity contribution is 7.88. The summed E-state index contributed by atoms with van der Waals surface area (Å²) in [6.07, 6.45) is -4.00. The molecule has 1 N–H and O–H groups in total. The van der Waals surface area contributed by atoms with Gasteiger partial charge in [-0.2, -0.15) is 13.2 Å². The summed E-state index contributed by atoms with van der Waals surface area (Å²) in [4.78, 5) is 30.2. The van der Waals surface area contributed by atoms with Gasteiger partial charge >= 0.3 is 12.1 Å². The van der Waals surface area contributed by atoms with Crippen molar-refractivity contribution in [2.45, 2.75) is 24.4 Å². The number of hydroxylamine groups is 2. The highest BCUT2D eigenvalue weighted by Crippen LogP contribution is 2.50. The number of sulfonamides is 1. The third kappa shape index (κ3) is 4.92. The smallest absolute Gasteiger partial charge is 0.361 e. The van der Waals surface area contributed by atoms with Crippen LogP contribution in [-0.2, 0) is 29.9 Å². The van der Waals surface area contributed by atoms with Crippen LogP contribution in [0.2, 0.25) is 10.0 Å². The zero-order valence-electron chi connectivity index (χ0n) is 16.1. The van der Waals surface area contributed by atoms with Crippen molar-refractivity contribution in [3.63, 3.8) is 0 Å². The largest absolute Gasteiger partial charge is 0.492 e. The van der Waals surface area contributed by atoms with Gasteiger partial charge in [-0.3, -0.25) is 4.79 Å². The van der Waals surface area contributed by atoms with Crippen LogP contribution in [0.25, 0.3) is 0 Å². The molecule has 8 nitrogen and oxygen atoms in total. The Hall–Kier alpha value is -1.60. The van der Waals surface area contributed by atoms with Crippen molar-refractivity contribution in [2.24, 2.45) is 0 Å². The third-order valence-electron chi connectivity index (χ3n) is 5.22. The Balaban J connectivity index is 1.84. The molecule has 31 heavy (non-hydrogen) atoms. The summed E-state index contributed by atoms with van der Waals surface area (Å²) in [5, 5.41) is 1.27. The molecular formula is C17H18Cl2F3N3O5S. The Morgan fingerprint density at radius 1 is 1.23 bits per heavy atom. The molecule has 0 bridgehead atoms. The van der Waals surface area contributed by atoms with Gasteiger partial charge in [0.1, 0.15) is 0 Å². The van der Waals surface area contributed by atoms with E-state index < -0.39 is 27.6 Å². The van der Waals surface area contributed by atoms with Crippen LogP contribution in [0.5, 0.6) is 0 Å². The summed E-state index contributed by atoms with van der Waals surface area (Å²) in [6.45, 7) is -0.244. The molecule has 2 aliphatic rings. The number of fused-ring (bicyclic) bond motifs is 2. The lowest BCUT2D eigenvalue weighted by Crippen LogP contribution is -2.50. The Labute approximate surface area is 186 Å². The van der Waals surface area contributed by atoms with Crippen molar-refractivity contribution in [3.8, 4) is 0 Å². The number of piperidine rings is 1. The summed E-state index contributed by atoms with van der Waals surface area (Å²) in [7, 11) is -3.47. The van der Waals surface area contributed by atoms with Crippen LogP contribution < -0.4 is 9.62 Å². The standard InChI is InChI=1S/C17H18Cl2F3N3O5S/c1-31(28,29)23-4-7-25-13-9-12(19)11(18)8-10(13)16(14(25)26)2-5-24(6-3-16)30-15(27)17(20,21)22/h8-9,23H,2-7H2,1H3. The maximum Gasteiger partial charge on any atom is 0.492 e. The number of anilines is 1. The SMILES string of the molecule is CS(=O)(=O)NCCN1C(=O)C2(CCN(OC(=O)C(F)(F)F)CC2)c2cc(Cl)c(Cl)cc21. The summed E-state index contributed by atoms with van der Waals surface area (Å²) in [6, 6.07) is 3.04. The molecule has 1 aromatic carbocycles. The quantitative estimate of drug-likeness (QED) is 0.661. The van der Waals surface area contributed by atoms with E-state index in [-0.39, 0.29) is 55.0 Å². The molecule has 0 unspecified atom stereocenters. The van der Waals surface area contributed by atoms with Crippen LogP contribution in [-0.4, -0.2) is 64.0 Å². The predicted molar refractivity (Wildman–Crippen MR) is 106 cm³/mol. The first kappa shape index (κ1) is 24.1. The Kier molecular flexibility index (Phi) is 6.51. The highest BCUT2D eigenvalue weighted by atomic mass is 35.5. The molecule has 0 aliphatic carbocycles. The number of nitrogens with one attached hydrogen (secondary N) is 1. The maximum absolute atomic E-state index is 13.4.